The minimum Gasteiger partial charge on any atom is -0.348 e. The number of amides is 1. The molecule has 1 aliphatic heterocycles. The summed E-state index contributed by atoms with van der Waals surface area (Å²) in [6.07, 6.45) is 4.04. The Kier molecular flexibility index (Phi) is 3.69. The molecule has 1 aliphatic carbocycles. The Morgan fingerprint density at radius 2 is 2.00 bits per heavy atom. The van der Waals surface area contributed by atoms with E-state index in [0.717, 1.165) is 19.3 Å². The first-order valence-corrected chi connectivity index (χ1v) is 8.34. The third-order valence-corrected chi connectivity index (χ3v) is 6.36. The van der Waals surface area contributed by atoms with Crippen molar-refractivity contribution in [3.05, 3.63) is 0 Å². The Hall–Kier alpha value is -0.620. The number of sulfone groups is 1. The van der Waals surface area contributed by atoms with Gasteiger partial charge in [0.2, 0.25) is 5.91 Å². The molecule has 104 valence electrons. The Bertz CT molecular complexity index is 431. The molecule has 3 N–H and O–H groups in total. The molecule has 0 aromatic rings. The zero-order valence-corrected chi connectivity index (χ0v) is 11.6. The lowest BCUT2D eigenvalue weighted by Gasteiger charge is -2.32. The molecule has 2 unspecified atom stereocenters. The highest BCUT2D eigenvalue weighted by atomic mass is 32.2. The van der Waals surface area contributed by atoms with Gasteiger partial charge in [-0.3, -0.25) is 4.79 Å². The van der Waals surface area contributed by atoms with Crippen LogP contribution in [0.15, 0.2) is 0 Å². The molecule has 0 aromatic carbocycles. The normalized spacial score (nSPS) is 30.4. The Labute approximate surface area is 108 Å². The topological polar surface area (TPSA) is 89.3 Å². The van der Waals surface area contributed by atoms with Crippen LogP contribution in [0.25, 0.3) is 0 Å². The minimum absolute atomic E-state index is 0.133. The standard InChI is InChI=1S/C12H22N2O3S/c1-12(8-13,9-5-6-9)14-11(15)10-4-2-3-7-18(10,16)17/h9-10H,2-8,13H2,1H3,(H,14,15). The number of hydrogen-bond acceptors (Lipinski definition) is 4. The summed E-state index contributed by atoms with van der Waals surface area (Å²) in [5, 5.41) is 2.02. The van der Waals surface area contributed by atoms with Gasteiger partial charge in [-0.15, -0.1) is 0 Å². The smallest absolute Gasteiger partial charge is 0.238 e. The molecule has 2 rings (SSSR count). The first kappa shape index (κ1) is 13.8. The summed E-state index contributed by atoms with van der Waals surface area (Å²) in [6, 6.07) is 0. The van der Waals surface area contributed by atoms with Gasteiger partial charge in [0.05, 0.1) is 11.3 Å². The van der Waals surface area contributed by atoms with E-state index in [4.69, 9.17) is 5.73 Å². The molecule has 0 bridgehead atoms. The number of hydrogen-bond donors (Lipinski definition) is 2. The van der Waals surface area contributed by atoms with Crippen molar-refractivity contribution in [2.45, 2.75) is 49.8 Å². The molecular weight excluding hydrogens is 252 g/mol. The second kappa shape index (κ2) is 4.81. The van der Waals surface area contributed by atoms with Crippen molar-refractivity contribution in [3.8, 4) is 0 Å². The Morgan fingerprint density at radius 3 is 2.50 bits per heavy atom. The van der Waals surface area contributed by atoms with Crippen molar-refractivity contribution < 1.29 is 13.2 Å². The summed E-state index contributed by atoms with van der Waals surface area (Å²) in [6.45, 7) is 2.27. The summed E-state index contributed by atoms with van der Waals surface area (Å²) in [5.41, 5.74) is 5.29. The highest BCUT2D eigenvalue weighted by Gasteiger charge is 2.44. The average molecular weight is 274 g/mol. The SMILES string of the molecule is CC(CN)(NC(=O)C1CCCCS1(=O)=O)C1CC1. The second-order valence-electron chi connectivity index (χ2n) is 5.74. The van der Waals surface area contributed by atoms with Crippen LogP contribution in [0.2, 0.25) is 0 Å². The van der Waals surface area contributed by atoms with Gasteiger partial charge in [0.25, 0.3) is 0 Å². The van der Waals surface area contributed by atoms with E-state index in [1.807, 2.05) is 6.92 Å². The molecule has 0 spiro atoms. The summed E-state index contributed by atoms with van der Waals surface area (Å²) in [7, 11) is -3.26. The van der Waals surface area contributed by atoms with Crippen molar-refractivity contribution in [1.29, 1.82) is 0 Å². The third kappa shape index (κ3) is 2.69. The van der Waals surface area contributed by atoms with E-state index in [1.165, 1.54) is 0 Å². The summed E-state index contributed by atoms with van der Waals surface area (Å²) in [4.78, 5) is 12.2. The van der Waals surface area contributed by atoms with Crippen molar-refractivity contribution in [2.24, 2.45) is 11.7 Å². The van der Waals surface area contributed by atoms with Gasteiger partial charge in [0, 0.05) is 6.54 Å². The number of nitrogens with one attached hydrogen (secondary N) is 1. The number of nitrogens with two attached hydrogens (primary N) is 1. The Morgan fingerprint density at radius 1 is 1.33 bits per heavy atom. The molecule has 0 radical (unpaired) electrons. The fourth-order valence-corrected chi connectivity index (χ4v) is 4.45. The van der Waals surface area contributed by atoms with Gasteiger partial charge in [0.15, 0.2) is 9.84 Å². The van der Waals surface area contributed by atoms with Crippen molar-refractivity contribution in [1.82, 2.24) is 5.32 Å². The molecule has 2 fully saturated rings. The van der Waals surface area contributed by atoms with Crippen LogP contribution in [0.3, 0.4) is 0 Å². The van der Waals surface area contributed by atoms with Crippen LogP contribution in [-0.2, 0) is 14.6 Å². The maximum atomic E-state index is 12.2. The van der Waals surface area contributed by atoms with Crippen LogP contribution in [0, 0.1) is 5.92 Å². The predicted octanol–water partition coefficient (Wildman–Crippen LogP) is 0.197. The highest BCUT2D eigenvalue weighted by molar-refractivity contribution is 7.92. The molecular formula is C12H22N2O3S. The van der Waals surface area contributed by atoms with Gasteiger partial charge < -0.3 is 11.1 Å². The van der Waals surface area contributed by atoms with Crippen LogP contribution < -0.4 is 11.1 Å². The Balaban J connectivity index is 2.07. The summed E-state index contributed by atoms with van der Waals surface area (Å²) < 4.78 is 23.8. The van der Waals surface area contributed by atoms with E-state index >= 15 is 0 Å². The van der Waals surface area contributed by atoms with E-state index in [0.29, 0.717) is 25.3 Å². The lowest BCUT2D eigenvalue weighted by molar-refractivity contribution is -0.122. The van der Waals surface area contributed by atoms with Gasteiger partial charge in [-0.2, -0.15) is 0 Å². The minimum atomic E-state index is -3.26. The monoisotopic (exact) mass is 274 g/mol. The number of rotatable bonds is 4. The first-order valence-electron chi connectivity index (χ1n) is 6.63. The molecule has 1 saturated carbocycles. The molecule has 1 saturated heterocycles. The van der Waals surface area contributed by atoms with Gasteiger partial charge in [-0.1, -0.05) is 6.42 Å². The molecule has 2 atom stereocenters. The van der Waals surface area contributed by atoms with E-state index < -0.39 is 20.6 Å². The molecule has 0 aromatic heterocycles. The van der Waals surface area contributed by atoms with Crippen molar-refractivity contribution >= 4 is 15.7 Å². The van der Waals surface area contributed by atoms with Gasteiger partial charge in [-0.05, 0) is 38.5 Å². The van der Waals surface area contributed by atoms with E-state index in [9.17, 15) is 13.2 Å². The van der Waals surface area contributed by atoms with Crippen LogP contribution >= 0.6 is 0 Å². The van der Waals surface area contributed by atoms with E-state index in [2.05, 4.69) is 5.32 Å². The van der Waals surface area contributed by atoms with Crippen LogP contribution in [0.1, 0.15) is 39.0 Å². The maximum absolute atomic E-state index is 12.2. The first-order chi connectivity index (χ1) is 8.39. The van der Waals surface area contributed by atoms with Crippen LogP contribution in [-0.4, -0.2) is 37.4 Å². The summed E-state index contributed by atoms with van der Waals surface area (Å²) in [5.74, 6) is 0.181. The van der Waals surface area contributed by atoms with Crippen molar-refractivity contribution in [2.75, 3.05) is 12.3 Å². The quantitative estimate of drug-likeness (QED) is 0.766. The third-order valence-electron chi connectivity index (χ3n) is 4.18. The zero-order chi connectivity index (χ0) is 13.4. The fourth-order valence-electron chi connectivity index (χ4n) is 2.65. The summed E-state index contributed by atoms with van der Waals surface area (Å²) >= 11 is 0. The van der Waals surface area contributed by atoms with Gasteiger partial charge >= 0.3 is 0 Å². The van der Waals surface area contributed by atoms with E-state index in [-0.39, 0.29) is 11.7 Å². The number of carbonyl (C=O) groups is 1. The van der Waals surface area contributed by atoms with Crippen LogP contribution in [0.5, 0.6) is 0 Å². The van der Waals surface area contributed by atoms with E-state index in [1.54, 1.807) is 0 Å². The number of carbonyl (C=O) groups excluding carboxylic acids is 1. The zero-order valence-electron chi connectivity index (χ0n) is 10.8. The maximum Gasteiger partial charge on any atom is 0.238 e. The molecule has 1 amide bonds. The van der Waals surface area contributed by atoms with Gasteiger partial charge in [-0.25, -0.2) is 8.42 Å². The fraction of sp³-hybridized carbons (Fsp3) is 0.917. The molecule has 1 heterocycles. The largest absolute Gasteiger partial charge is 0.348 e. The lowest BCUT2D eigenvalue weighted by atomic mass is 9.95. The lowest BCUT2D eigenvalue weighted by Crippen LogP contribution is -2.57. The average Bonchev–Trinajstić information content (AvgIpc) is 3.12. The van der Waals surface area contributed by atoms with Crippen LogP contribution in [0.4, 0.5) is 0 Å². The molecule has 6 heteroatoms. The van der Waals surface area contributed by atoms with Gasteiger partial charge in [0.1, 0.15) is 5.25 Å². The molecule has 5 nitrogen and oxygen atoms in total. The van der Waals surface area contributed by atoms with Crippen molar-refractivity contribution in [3.63, 3.8) is 0 Å². The predicted molar refractivity (Wildman–Crippen MR) is 69.8 cm³/mol. The molecule has 18 heavy (non-hydrogen) atoms. The molecule has 2 aliphatic rings. The second-order valence-corrected chi connectivity index (χ2v) is 8.04. The highest BCUT2D eigenvalue weighted by Crippen LogP contribution is 2.39.